The van der Waals surface area contributed by atoms with Crippen LogP contribution in [0, 0.1) is 5.82 Å². The van der Waals surface area contributed by atoms with Gasteiger partial charge in [-0.05, 0) is 17.7 Å². The molecule has 0 bridgehead atoms. The highest BCUT2D eigenvalue weighted by molar-refractivity contribution is 5.80. The molecule has 2 aromatic carbocycles. The molecule has 0 radical (unpaired) electrons. The minimum atomic E-state index is -0.233. The molecular formula is C16H17FN2O. The molecule has 3 nitrogen and oxygen atoms in total. The lowest BCUT2D eigenvalue weighted by Crippen LogP contribution is -2.20. The highest BCUT2D eigenvalue weighted by atomic mass is 19.1. The molecule has 0 fully saturated rings. The van der Waals surface area contributed by atoms with Crippen LogP contribution >= 0.6 is 0 Å². The summed E-state index contributed by atoms with van der Waals surface area (Å²) in [5.41, 5.74) is 2.34. The molecule has 0 saturated heterocycles. The van der Waals surface area contributed by atoms with Crippen molar-refractivity contribution >= 4 is 11.6 Å². The van der Waals surface area contributed by atoms with Crippen LogP contribution in [0.25, 0.3) is 0 Å². The molecule has 0 aromatic heterocycles. The van der Waals surface area contributed by atoms with Crippen LogP contribution in [0.2, 0.25) is 0 Å². The van der Waals surface area contributed by atoms with E-state index in [1.165, 1.54) is 6.07 Å². The van der Waals surface area contributed by atoms with Gasteiger partial charge in [-0.2, -0.15) is 0 Å². The van der Waals surface area contributed by atoms with Crippen LogP contribution < -0.4 is 10.6 Å². The summed E-state index contributed by atoms with van der Waals surface area (Å²) in [6.45, 7) is 0.386. The number of para-hydroxylation sites is 1. The Hall–Kier alpha value is -2.36. The molecule has 0 spiro atoms. The van der Waals surface area contributed by atoms with Crippen molar-refractivity contribution in [2.75, 3.05) is 12.4 Å². The predicted molar refractivity (Wildman–Crippen MR) is 77.9 cm³/mol. The number of likely N-dealkylation sites (N-methyl/N-ethyl adjacent to an activating group) is 1. The Morgan fingerprint density at radius 1 is 1.05 bits per heavy atom. The van der Waals surface area contributed by atoms with Crippen molar-refractivity contribution in [2.24, 2.45) is 0 Å². The molecule has 0 aliphatic rings. The average molecular weight is 272 g/mol. The van der Waals surface area contributed by atoms with Gasteiger partial charge in [-0.15, -0.1) is 0 Å². The number of carbonyl (C=O) groups excluding carboxylic acids is 1. The van der Waals surface area contributed by atoms with Crippen molar-refractivity contribution in [3.63, 3.8) is 0 Å². The van der Waals surface area contributed by atoms with Gasteiger partial charge in [0.1, 0.15) is 5.82 Å². The lowest BCUT2D eigenvalue weighted by molar-refractivity contribution is -0.119. The van der Waals surface area contributed by atoms with Gasteiger partial charge in [-0.3, -0.25) is 4.79 Å². The number of amides is 1. The van der Waals surface area contributed by atoms with Gasteiger partial charge in [0.15, 0.2) is 0 Å². The summed E-state index contributed by atoms with van der Waals surface area (Å²) < 4.78 is 13.6. The zero-order valence-electron chi connectivity index (χ0n) is 11.3. The van der Waals surface area contributed by atoms with Crippen LogP contribution in [0.1, 0.15) is 11.1 Å². The molecule has 0 heterocycles. The first-order valence-electron chi connectivity index (χ1n) is 6.46. The fourth-order valence-electron chi connectivity index (χ4n) is 1.94. The fourth-order valence-corrected chi connectivity index (χ4v) is 1.94. The van der Waals surface area contributed by atoms with E-state index in [0.29, 0.717) is 18.5 Å². The van der Waals surface area contributed by atoms with Crippen LogP contribution in [0.3, 0.4) is 0 Å². The Kier molecular flexibility index (Phi) is 4.71. The molecule has 0 aliphatic carbocycles. The van der Waals surface area contributed by atoms with Gasteiger partial charge in [0, 0.05) is 24.8 Å². The van der Waals surface area contributed by atoms with E-state index in [1.54, 1.807) is 25.2 Å². The van der Waals surface area contributed by atoms with Crippen molar-refractivity contribution in [3.05, 3.63) is 65.5 Å². The van der Waals surface area contributed by atoms with Crippen molar-refractivity contribution in [2.45, 2.75) is 13.0 Å². The topological polar surface area (TPSA) is 41.1 Å². The Balaban J connectivity index is 2.10. The number of halogens is 1. The molecule has 0 aliphatic heterocycles. The molecule has 0 atom stereocenters. The normalized spacial score (nSPS) is 10.1. The molecule has 0 unspecified atom stereocenters. The molecular weight excluding hydrogens is 255 g/mol. The third kappa shape index (κ3) is 3.57. The van der Waals surface area contributed by atoms with Crippen LogP contribution in [0.4, 0.5) is 10.1 Å². The molecule has 2 N–H and O–H groups in total. The Morgan fingerprint density at radius 2 is 1.70 bits per heavy atom. The zero-order chi connectivity index (χ0) is 14.4. The molecule has 104 valence electrons. The molecule has 4 heteroatoms. The van der Waals surface area contributed by atoms with Crippen LogP contribution in [0.15, 0.2) is 48.5 Å². The first kappa shape index (κ1) is 14.1. The summed E-state index contributed by atoms with van der Waals surface area (Å²) in [5.74, 6) is -0.283. The predicted octanol–water partition coefficient (Wildman–Crippen LogP) is 2.73. The van der Waals surface area contributed by atoms with E-state index in [9.17, 15) is 9.18 Å². The van der Waals surface area contributed by atoms with E-state index in [-0.39, 0.29) is 11.7 Å². The van der Waals surface area contributed by atoms with Crippen molar-refractivity contribution in [3.8, 4) is 0 Å². The van der Waals surface area contributed by atoms with Gasteiger partial charge in [-0.25, -0.2) is 4.39 Å². The molecule has 20 heavy (non-hydrogen) atoms. The summed E-state index contributed by atoms with van der Waals surface area (Å²) in [7, 11) is 1.61. The second-order valence-corrected chi connectivity index (χ2v) is 4.45. The maximum absolute atomic E-state index is 13.6. The fraction of sp³-hybridized carbons (Fsp3) is 0.188. The SMILES string of the molecule is CNC(=O)Cc1ccccc1NCc1ccccc1F. The second kappa shape index (κ2) is 6.70. The molecule has 2 rings (SSSR count). The van der Waals surface area contributed by atoms with Crippen LogP contribution in [-0.2, 0) is 17.8 Å². The third-order valence-electron chi connectivity index (χ3n) is 3.07. The van der Waals surface area contributed by atoms with Gasteiger partial charge in [0.2, 0.25) is 5.91 Å². The standard InChI is InChI=1S/C16H17FN2O/c1-18-16(20)10-12-6-3-5-9-15(12)19-11-13-7-2-4-8-14(13)17/h2-9,19H,10-11H2,1H3,(H,18,20). The number of anilines is 1. The number of hydrogen-bond donors (Lipinski definition) is 2. The van der Waals surface area contributed by atoms with E-state index in [0.717, 1.165) is 11.3 Å². The van der Waals surface area contributed by atoms with E-state index < -0.39 is 0 Å². The molecule has 2 aromatic rings. The quantitative estimate of drug-likeness (QED) is 0.878. The van der Waals surface area contributed by atoms with Gasteiger partial charge >= 0.3 is 0 Å². The Labute approximate surface area is 117 Å². The highest BCUT2D eigenvalue weighted by Gasteiger charge is 2.07. The van der Waals surface area contributed by atoms with Gasteiger partial charge in [0.25, 0.3) is 0 Å². The van der Waals surface area contributed by atoms with Gasteiger partial charge in [0.05, 0.1) is 6.42 Å². The third-order valence-corrected chi connectivity index (χ3v) is 3.07. The lowest BCUT2D eigenvalue weighted by atomic mass is 10.1. The van der Waals surface area contributed by atoms with Crippen molar-refractivity contribution in [1.82, 2.24) is 5.32 Å². The zero-order valence-corrected chi connectivity index (χ0v) is 11.3. The number of benzene rings is 2. The summed E-state index contributed by atoms with van der Waals surface area (Å²) in [5, 5.41) is 5.78. The number of nitrogens with one attached hydrogen (secondary N) is 2. The summed E-state index contributed by atoms with van der Waals surface area (Å²) >= 11 is 0. The summed E-state index contributed by atoms with van der Waals surface area (Å²) in [6, 6.07) is 14.2. The Morgan fingerprint density at radius 3 is 2.40 bits per heavy atom. The molecule has 1 amide bonds. The molecule has 0 saturated carbocycles. The monoisotopic (exact) mass is 272 g/mol. The first-order valence-corrected chi connectivity index (χ1v) is 6.46. The minimum Gasteiger partial charge on any atom is -0.381 e. The van der Waals surface area contributed by atoms with Crippen LogP contribution in [-0.4, -0.2) is 13.0 Å². The van der Waals surface area contributed by atoms with E-state index in [4.69, 9.17) is 0 Å². The number of rotatable bonds is 5. The highest BCUT2D eigenvalue weighted by Crippen LogP contribution is 2.17. The van der Waals surface area contributed by atoms with Crippen molar-refractivity contribution < 1.29 is 9.18 Å². The van der Waals surface area contributed by atoms with E-state index in [2.05, 4.69) is 10.6 Å². The minimum absolute atomic E-state index is 0.0508. The Bertz CT molecular complexity index is 599. The van der Waals surface area contributed by atoms with Gasteiger partial charge < -0.3 is 10.6 Å². The maximum atomic E-state index is 13.6. The van der Waals surface area contributed by atoms with Crippen LogP contribution in [0.5, 0.6) is 0 Å². The second-order valence-electron chi connectivity index (χ2n) is 4.45. The first-order chi connectivity index (χ1) is 9.70. The van der Waals surface area contributed by atoms with Gasteiger partial charge in [-0.1, -0.05) is 36.4 Å². The summed E-state index contributed by atoms with van der Waals surface area (Å²) in [4.78, 5) is 11.5. The largest absolute Gasteiger partial charge is 0.381 e. The smallest absolute Gasteiger partial charge is 0.224 e. The number of carbonyl (C=O) groups is 1. The van der Waals surface area contributed by atoms with Crippen molar-refractivity contribution in [1.29, 1.82) is 0 Å². The summed E-state index contributed by atoms with van der Waals surface area (Å²) in [6.07, 6.45) is 0.303. The maximum Gasteiger partial charge on any atom is 0.224 e. The van der Waals surface area contributed by atoms with E-state index in [1.807, 2.05) is 24.3 Å². The average Bonchev–Trinajstić information content (AvgIpc) is 2.47. The lowest BCUT2D eigenvalue weighted by Gasteiger charge is -2.12. The number of hydrogen-bond acceptors (Lipinski definition) is 2. The van der Waals surface area contributed by atoms with E-state index >= 15 is 0 Å².